The number of anilines is 1. The van der Waals surface area contributed by atoms with Crippen LogP contribution in [-0.2, 0) is 16.2 Å². The van der Waals surface area contributed by atoms with Crippen LogP contribution in [0, 0.1) is 37.1 Å². The van der Waals surface area contributed by atoms with Gasteiger partial charge in [0.2, 0.25) is 0 Å². The number of sulfonamides is 1. The highest BCUT2D eigenvalue weighted by Crippen LogP contribution is 2.41. The second kappa shape index (κ2) is 8.12. The first-order valence-corrected chi connectivity index (χ1v) is 10.4. The molecular formula is C21H14F7NO2S. The molecule has 0 fully saturated rings. The Morgan fingerprint density at radius 2 is 1.28 bits per heavy atom. The van der Waals surface area contributed by atoms with Crippen molar-refractivity contribution in [1.29, 1.82) is 0 Å². The summed E-state index contributed by atoms with van der Waals surface area (Å²) in [5.41, 5.74) is -4.68. The quantitative estimate of drug-likeness (QED) is 0.271. The first-order valence-electron chi connectivity index (χ1n) is 8.88. The third kappa shape index (κ3) is 4.16. The maximum atomic E-state index is 14.7. The first-order chi connectivity index (χ1) is 14.8. The molecule has 0 aliphatic rings. The molecule has 3 aromatic rings. The molecule has 0 atom stereocenters. The minimum absolute atomic E-state index is 0.393. The Morgan fingerprint density at radius 1 is 0.781 bits per heavy atom. The molecule has 3 aromatic carbocycles. The van der Waals surface area contributed by atoms with Crippen LogP contribution in [0.4, 0.5) is 36.4 Å². The standard InChI is InChI=1S/C21H14F7NO2S/c1-10-8-12(9-11(2)15(10)21(26,27)28)14-16(22)17(23)18(24)19(25)20(14)29-32(30,31)13-6-4-3-5-7-13/h3-9,29H,1-2H3. The first kappa shape index (κ1) is 23.6. The van der Waals surface area contributed by atoms with Gasteiger partial charge < -0.3 is 0 Å². The summed E-state index contributed by atoms with van der Waals surface area (Å²) in [4.78, 5) is -0.393. The van der Waals surface area contributed by atoms with E-state index in [1.165, 1.54) is 18.2 Å². The summed E-state index contributed by atoms with van der Waals surface area (Å²) in [6.07, 6.45) is -4.76. The van der Waals surface area contributed by atoms with Crippen LogP contribution in [0.25, 0.3) is 11.1 Å². The van der Waals surface area contributed by atoms with E-state index in [1.54, 1.807) is 4.72 Å². The van der Waals surface area contributed by atoms with Crippen molar-refractivity contribution >= 4 is 15.7 Å². The molecule has 0 spiro atoms. The van der Waals surface area contributed by atoms with Gasteiger partial charge in [0.25, 0.3) is 10.0 Å². The van der Waals surface area contributed by atoms with E-state index in [4.69, 9.17) is 0 Å². The third-order valence-electron chi connectivity index (χ3n) is 4.66. The lowest BCUT2D eigenvalue weighted by Crippen LogP contribution is -2.17. The predicted molar refractivity (Wildman–Crippen MR) is 103 cm³/mol. The van der Waals surface area contributed by atoms with Crippen LogP contribution in [0.1, 0.15) is 16.7 Å². The van der Waals surface area contributed by atoms with Crippen LogP contribution < -0.4 is 4.72 Å². The predicted octanol–water partition coefficient (Wildman–Crippen LogP) is 6.35. The molecule has 0 unspecified atom stereocenters. The highest BCUT2D eigenvalue weighted by Gasteiger charge is 2.35. The van der Waals surface area contributed by atoms with Crippen molar-refractivity contribution in [3.05, 3.63) is 82.4 Å². The van der Waals surface area contributed by atoms with Gasteiger partial charge in [-0.25, -0.2) is 26.0 Å². The zero-order valence-electron chi connectivity index (χ0n) is 16.4. The molecular weight excluding hydrogens is 463 g/mol. The zero-order valence-corrected chi connectivity index (χ0v) is 17.2. The Kier molecular flexibility index (Phi) is 5.98. The molecule has 0 aliphatic carbocycles. The maximum Gasteiger partial charge on any atom is 0.416 e. The smallest absolute Gasteiger partial charge is 0.276 e. The Bertz CT molecular complexity index is 1280. The second-order valence-corrected chi connectivity index (χ2v) is 8.59. The zero-order chi connectivity index (χ0) is 24.0. The summed E-state index contributed by atoms with van der Waals surface area (Å²) in [6.45, 7) is 2.09. The molecule has 170 valence electrons. The lowest BCUT2D eigenvalue weighted by molar-refractivity contribution is -0.138. The van der Waals surface area contributed by atoms with E-state index in [2.05, 4.69) is 0 Å². The van der Waals surface area contributed by atoms with Crippen LogP contribution in [-0.4, -0.2) is 8.42 Å². The molecule has 0 amide bonds. The fourth-order valence-electron chi connectivity index (χ4n) is 3.35. The molecule has 0 aromatic heterocycles. The van der Waals surface area contributed by atoms with Crippen molar-refractivity contribution in [3.8, 4) is 11.1 Å². The van der Waals surface area contributed by atoms with E-state index in [9.17, 15) is 39.2 Å². The van der Waals surface area contributed by atoms with E-state index in [0.717, 1.165) is 38.1 Å². The van der Waals surface area contributed by atoms with E-state index >= 15 is 0 Å². The Hall–Kier alpha value is -3.08. The van der Waals surface area contributed by atoms with Crippen molar-refractivity contribution in [3.63, 3.8) is 0 Å². The number of hydrogen-bond donors (Lipinski definition) is 1. The number of nitrogens with one attached hydrogen (secondary N) is 1. The van der Waals surface area contributed by atoms with Gasteiger partial charge in [0.05, 0.1) is 16.1 Å². The maximum absolute atomic E-state index is 14.7. The van der Waals surface area contributed by atoms with E-state index in [-0.39, 0.29) is 0 Å². The Balaban J connectivity index is 2.30. The lowest BCUT2D eigenvalue weighted by atomic mass is 9.94. The van der Waals surface area contributed by atoms with Crippen LogP contribution in [0.2, 0.25) is 0 Å². The topological polar surface area (TPSA) is 46.2 Å². The number of alkyl halides is 3. The molecule has 0 heterocycles. The molecule has 32 heavy (non-hydrogen) atoms. The number of aryl methyl sites for hydroxylation is 2. The molecule has 1 N–H and O–H groups in total. The third-order valence-corrected chi connectivity index (χ3v) is 6.03. The Labute approximate surface area is 178 Å². The largest absolute Gasteiger partial charge is 0.416 e. The highest BCUT2D eigenvalue weighted by atomic mass is 32.2. The SMILES string of the molecule is Cc1cc(-c2c(F)c(F)c(F)c(F)c2NS(=O)(=O)c2ccccc2)cc(C)c1C(F)(F)F. The molecule has 0 bridgehead atoms. The summed E-state index contributed by atoms with van der Waals surface area (Å²) in [5.74, 6) is -8.53. The van der Waals surface area contributed by atoms with E-state index in [1.807, 2.05) is 0 Å². The van der Waals surface area contributed by atoms with Gasteiger partial charge in [-0.3, -0.25) is 4.72 Å². The van der Waals surface area contributed by atoms with Crippen molar-refractivity contribution in [1.82, 2.24) is 0 Å². The highest BCUT2D eigenvalue weighted by molar-refractivity contribution is 7.92. The fraction of sp³-hybridized carbons (Fsp3) is 0.143. The fourth-order valence-corrected chi connectivity index (χ4v) is 4.44. The molecule has 3 rings (SSSR count). The van der Waals surface area contributed by atoms with Crippen LogP contribution in [0.5, 0.6) is 0 Å². The number of halogens is 7. The normalized spacial score (nSPS) is 12.2. The summed E-state index contributed by atoms with van der Waals surface area (Å²) in [7, 11) is -4.59. The van der Waals surface area contributed by atoms with Gasteiger partial charge in [0.1, 0.15) is 0 Å². The average molecular weight is 477 g/mol. The van der Waals surface area contributed by atoms with Crippen molar-refractivity contribution in [2.45, 2.75) is 24.9 Å². The van der Waals surface area contributed by atoms with Gasteiger partial charge in [-0.15, -0.1) is 0 Å². The Morgan fingerprint density at radius 3 is 1.78 bits per heavy atom. The molecule has 0 radical (unpaired) electrons. The molecule has 0 saturated heterocycles. The van der Waals surface area contributed by atoms with Crippen molar-refractivity contribution in [2.75, 3.05) is 4.72 Å². The van der Waals surface area contributed by atoms with Crippen LogP contribution >= 0.6 is 0 Å². The molecule has 0 aliphatic heterocycles. The van der Waals surface area contributed by atoms with Crippen molar-refractivity contribution in [2.24, 2.45) is 0 Å². The minimum atomic E-state index is -4.76. The van der Waals surface area contributed by atoms with Gasteiger partial charge in [-0.1, -0.05) is 30.3 Å². The second-order valence-electron chi connectivity index (χ2n) is 6.91. The van der Waals surface area contributed by atoms with E-state index < -0.39 is 77.9 Å². The summed E-state index contributed by atoms with van der Waals surface area (Å²) < 4.78 is 124. The van der Waals surface area contributed by atoms with Crippen LogP contribution in [0.3, 0.4) is 0 Å². The molecule has 11 heteroatoms. The van der Waals surface area contributed by atoms with Gasteiger partial charge >= 0.3 is 6.18 Å². The number of rotatable bonds is 4. The summed E-state index contributed by atoms with van der Waals surface area (Å²) in [5, 5.41) is 0. The lowest BCUT2D eigenvalue weighted by Gasteiger charge is -2.19. The van der Waals surface area contributed by atoms with Gasteiger partial charge in [0, 0.05) is 5.56 Å². The minimum Gasteiger partial charge on any atom is -0.276 e. The van der Waals surface area contributed by atoms with Crippen molar-refractivity contribution < 1.29 is 39.2 Å². The van der Waals surface area contributed by atoms with Gasteiger partial charge in [-0.05, 0) is 42.7 Å². The monoisotopic (exact) mass is 477 g/mol. The molecule has 3 nitrogen and oxygen atoms in total. The summed E-state index contributed by atoms with van der Waals surface area (Å²) >= 11 is 0. The van der Waals surface area contributed by atoms with Crippen LogP contribution in [0.15, 0.2) is 47.4 Å². The van der Waals surface area contributed by atoms with Gasteiger partial charge in [-0.2, -0.15) is 13.2 Å². The summed E-state index contributed by atoms with van der Waals surface area (Å²) in [6, 6.07) is 7.94. The average Bonchev–Trinajstić information content (AvgIpc) is 2.69. The molecule has 0 saturated carbocycles. The number of hydrogen-bond acceptors (Lipinski definition) is 2. The van der Waals surface area contributed by atoms with E-state index in [0.29, 0.717) is 0 Å². The van der Waals surface area contributed by atoms with Gasteiger partial charge in [0.15, 0.2) is 23.3 Å². The number of benzene rings is 3.